The summed E-state index contributed by atoms with van der Waals surface area (Å²) in [7, 11) is 0. The van der Waals surface area contributed by atoms with Gasteiger partial charge in [0, 0.05) is 4.47 Å². The second-order valence-corrected chi connectivity index (χ2v) is 3.87. The number of halogens is 1. The van der Waals surface area contributed by atoms with E-state index >= 15 is 0 Å². The molecule has 0 N–H and O–H groups in total. The smallest absolute Gasteiger partial charge is 0.0175 e. The molecule has 14 heavy (non-hydrogen) atoms. The van der Waals surface area contributed by atoms with Gasteiger partial charge in [-0.15, -0.1) is 0 Å². The summed E-state index contributed by atoms with van der Waals surface area (Å²) in [6, 6.07) is 20.2. The first-order valence-electron chi connectivity index (χ1n) is 4.51. The third-order valence-electron chi connectivity index (χ3n) is 1.67. The molecule has 0 heterocycles. The molecule has 1 heteroatoms. The molecule has 0 fully saturated rings. The van der Waals surface area contributed by atoms with Gasteiger partial charge in [-0.1, -0.05) is 70.0 Å². The average molecular weight is 249 g/mol. The molecule has 0 atom stereocenters. The fraction of sp³-hybridized carbons (Fsp3) is 0.0769. The first kappa shape index (κ1) is 11.0. The molecule has 0 saturated heterocycles. The average Bonchev–Trinajstić information content (AvgIpc) is 2.21. The van der Waals surface area contributed by atoms with Crippen LogP contribution in [-0.4, -0.2) is 0 Å². The number of aryl methyl sites for hydroxylation is 1. The highest BCUT2D eigenvalue weighted by molar-refractivity contribution is 9.10. The molecule has 0 spiro atoms. The van der Waals surface area contributed by atoms with Crippen LogP contribution in [0.15, 0.2) is 65.1 Å². The normalized spacial score (nSPS) is 8.71. The molecular formula is C13H13Br. The lowest BCUT2D eigenvalue weighted by Gasteiger charge is -1.82. The van der Waals surface area contributed by atoms with Crippen molar-refractivity contribution in [3.05, 3.63) is 70.7 Å². The van der Waals surface area contributed by atoms with Crippen LogP contribution in [-0.2, 0) is 0 Å². The molecular weight excluding hydrogens is 236 g/mol. The number of benzene rings is 2. The second kappa shape index (κ2) is 6.39. The van der Waals surface area contributed by atoms with Gasteiger partial charge in [-0.3, -0.25) is 0 Å². The van der Waals surface area contributed by atoms with Crippen LogP contribution in [0.3, 0.4) is 0 Å². The van der Waals surface area contributed by atoms with Crippen LogP contribution in [0.2, 0.25) is 0 Å². The molecule has 2 aromatic rings. The van der Waals surface area contributed by atoms with E-state index in [0.717, 1.165) is 4.47 Å². The molecule has 0 unspecified atom stereocenters. The number of hydrogen-bond donors (Lipinski definition) is 0. The van der Waals surface area contributed by atoms with Gasteiger partial charge in [0.1, 0.15) is 0 Å². The van der Waals surface area contributed by atoms with Crippen LogP contribution >= 0.6 is 15.9 Å². The van der Waals surface area contributed by atoms with Crippen molar-refractivity contribution in [3.63, 3.8) is 0 Å². The number of rotatable bonds is 0. The highest BCUT2D eigenvalue weighted by atomic mass is 79.9. The van der Waals surface area contributed by atoms with E-state index in [4.69, 9.17) is 0 Å². The van der Waals surface area contributed by atoms with Gasteiger partial charge < -0.3 is 0 Å². The van der Waals surface area contributed by atoms with Gasteiger partial charge in [-0.25, -0.2) is 0 Å². The molecule has 0 aromatic heterocycles. The van der Waals surface area contributed by atoms with Gasteiger partial charge in [0.05, 0.1) is 0 Å². The molecule has 0 nitrogen and oxygen atoms in total. The zero-order chi connectivity index (χ0) is 10.2. The van der Waals surface area contributed by atoms with E-state index in [0.29, 0.717) is 0 Å². The lowest BCUT2D eigenvalue weighted by molar-refractivity contribution is 1.48. The summed E-state index contributed by atoms with van der Waals surface area (Å²) < 4.78 is 1.13. The van der Waals surface area contributed by atoms with Crippen molar-refractivity contribution in [2.24, 2.45) is 0 Å². The van der Waals surface area contributed by atoms with Crippen LogP contribution in [0.5, 0.6) is 0 Å². The van der Waals surface area contributed by atoms with E-state index in [1.54, 1.807) is 0 Å². The minimum absolute atomic E-state index is 1.13. The van der Waals surface area contributed by atoms with Crippen LogP contribution in [0.1, 0.15) is 5.56 Å². The molecule has 2 rings (SSSR count). The molecule has 0 amide bonds. The lowest BCUT2D eigenvalue weighted by Crippen LogP contribution is -1.62. The van der Waals surface area contributed by atoms with Crippen LogP contribution < -0.4 is 0 Å². The molecule has 0 saturated carbocycles. The van der Waals surface area contributed by atoms with Gasteiger partial charge in [-0.2, -0.15) is 0 Å². The van der Waals surface area contributed by atoms with Gasteiger partial charge in [0.25, 0.3) is 0 Å². The fourth-order valence-corrected chi connectivity index (χ4v) is 1.25. The maximum absolute atomic E-state index is 3.31. The zero-order valence-electron chi connectivity index (χ0n) is 8.15. The highest BCUT2D eigenvalue weighted by Gasteiger charge is 1.74. The van der Waals surface area contributed by atoms with Crippen LogP contribution in [0.25, 0.3) is 0 Å². The van der Waals surface area contributed by atoms with Crippen LogP contribution in [0, 0.1) is 6.92 Å². The van der Waals surface area contributed by atoms with Crippen molar-refractivity contribution < 1.29 is 0 Å². The largest absolute Gasteiger partial charge is 0.0622 e. The van der Waals surface area contributed by atoms with E-state index in [1.165, 1.54) is 5.56 Å². The van der Waals surface area contributed by atoms with Crippen molar-refractivity contribution >= 4 is 15.9 Å². The summed E-state index contributed by atoms with van der Waals surface area (Å²) in [4.78, 5) is 0. The van der Waals surface area contributed by atoms with Gasteiger partial charge in [-0.05, 0) is 19.1 Å². The Morgan fingerprint density at radius 2 is 1.14 bits per heavy atom. The van der Waals surface area contributed by atoms with Crippen molar-refractivity contribution in [3.8, 4) is 0 Å². The molecule has 0 aliphatic heterocycles. The Morgan fingerprint density at radius 3 is 1.36 bits per heavy atom. The van der Waals surface area contributed by atoms with Crippen molar-refractivity contribution in [1.29, 1.82) is 0 Å². The minimum Gasteiger partial charge on any atom is -0.0622 e. The standard InChI is InChI=1S/C7H8.C6H5Br/c1-7-5-3-2-4-6-7;7-6-4-2-1-3-5-6/h2-6H,1H3;1-5H. The molecule has 2 aromatic carbocycles. The Hall–Kier alpha value is -1.08. The summed E-state index contributed by atoms with van der Waals surface area (Å²) in [5, 5.41) is 0. The van der Waals surface area contributed by atoms with E-state index in [-0.39, 0.29) is 0 Å². The molecule has 72 valence electrons. The third-order valence-corrected chi connectivity index (χ3v) is 2.20. The quantitative estimate of drug-likeness (QED) is 0.647. The Kier molecular flexibility index (Phi) is 5.02. The van der Waals surface area contributed by atoms with E-state index < -0.39 is 0 Å². The summed E-state index contributed by atoms with van der Waals surface area (Å²) in [5.41, 5.74) is 1.32. The Labute approximate surface area is 93.7 Å². The fourth-order valence-electron chi connectivity index (χ4n) is 0.949. The summed E-state index contributed by atoms with van der Waals surface area (Å²) in [5.74, 6) is 0. The monoisotopic (exact) mass is 248 g/mol. The first-order valence-corrected chi connectivity index (χ1v) is 5.30. The maximum atomic E-state index is 3.31. The predicted octanol–water partition coefficient (Wildman–Crippen LogP) is 4.44. The van der Waals surface area contributed by atoms with Crippen molar-refractivity contribution in [2.45, 2.75) is 6.92 Å². The summed E-state index contributed by atoms with van der Waals surface area (Å²) in [6.45, 7) is 2.08. The molecule has 0 aliphatic rings. The summed E-state index contributed by atoms with van der Waals surface area (Å²) in [6.07, 6.45) is 0. The third kappa shape index (κ3) is 4.83. The summed E-state index contributed by atoms with van der Waals surface area (Å²) >= 11 is 3.31. The highest BCUT2D eigenvalue weighted by Crippen LogP contribution is 2.05. The van der Waals surface area contributed by atoms with E-state index in [2.05, 4.69) is 35.0 Å². The Balaban J connectivity index is 0.000000140. The van der Waals surface area contributed by atoms with E-state index in [9.17, 15) is 0 Å². The molecule has 0 aliphatic carbocycles. The zero-order valence-corrected chi connectivity index (χ0v) is 9.74. The molecule has 0 radical (unpaired) electrons. The van der Waals surface area contributed by atoms with E-state index in [1.807, 2.05) is 48.5 Å². The molecule has 0 bridgehead atoms. The number of hydrogen-bond acceptors (Lipinski definition) is 0. The van der Waals surface area contributed by atoms with Crippen LogP contribution in [0.4, 0.5) is 0 Å². The maximum Gasteiger partial charge on any atom is 0.0175 e. The Morgan fingerprint density at radius 1 is 0.714 bits per heavy atom. The van der Waals surface area contributed by atoms with Gasteiger partial charge >= 0.3 is 0 Å². The SMILES string of the molecule is Brc1ccccc1.Cc1ccccc1. The second-order valence-electron chi connectivity index (χ2n) is 2.95. The topological polar surface area (TPSA) is 0 Å². The van der Waals surface area contributed by atoms with Crippen molar-refractivity contribution in [1.82, 2.24) is 0 Å². The Bertz CT molecular complexity index is 303. The lowest BCUT2D eigenvalue weighted by atomic mass is 10.2. The minimum atomic E-state index is 1.13. The predicted molar refractivity (Wildman–Crippen MR) is 65.3 cm³/mol. The van der Waals surface area contributed by atoms with Crippen molar-refractivity contribution in [2.75, 3.05) is 0 Å². The first-order chi connectivity index (χ1) is 6.79. The van der Waals surface area contributed by atoms with Gasteiger partial charge in [0.15, 0.2) is 0 Å². The van der Waals surface area contributed by atoms with Gasteiger partial charge in [0.2, 0.25) is 0 Å².